The van der Waals surface area contributed by atoms with Gasteiger partial charge in [0, 0.05) is 12.0 Å². The fourth-order valence-electron chi connectivity index (χ4n) is 2.64. The lowest BCUT2D eigenvalue weighted by atomic mass is 9.91. The molecule has 1 aliphatic heterocycles. The van der Waals surface area contributed by atoms with Crippen LogP contribution in [-0.2, 0) is 12.0 Å². The zero-order valence-corrected chi connectivity index (χ0v) is 13.2. The summed E-state index contributed by atoms with van der Waals surface area (Å²) in [7, 11) is 0. The second-order valence-corrected chi connectivity index (χ2v) is 7.71. The molecule has 1 aromatic heterocycles. The van der Waals surface area contributed by atoms with Crippen molar-refractivity contribution >= 4 is 11.3 Å². The van der Waals surface area contributed by atoms with E-state index in [1.807, 2.05) is 0 Å². The van der Waals surface area contributed by atoms with Crippen molar-refractivity contribution in [3.63, 3.8) is 0 Å². The predicted molar refractivity (Wildman–Crippen MR) is 79.2 cm³/mol. The second kappa shape index (κ2) is 5.60. The van der Waals surface area contributed by atoms with Crippen LogP contribution in [0.1, 0.15) is 56.1 Å². The van der Waals surface area contributed by atoms with Crippen molar-refractivity contribution in [1.29, 1.82) is 5.26 Å². The lowest BCUT2D eigenvalue weighted by molar-refractivity contribution is 0.176. The van der Waals surface area contributed by atoms with Crippen LogP contribution in [-0.4, -0.2) is 23.0 Å². The normalized spacial score (nSPS) is 21.3. The highest BCUT2D eigenvalue weighted by atomic mass is 32.1. The van der Waals surface area contributed by atoms with E-state index in [0.717, 1.165) is 41.1 Å². The number of rotatable bonds is 2. The van der Waals surface area contributed by atoms with Gasteiger partial charge in [0.25, 0.3) is 0 Å². The van der Waals surface area contributed by atoms with Crippen LogP contribution in [0.4, 0.5) is 0 Å². The van der Waals surface area contributed by atoms with Gasteiger partial charge in [-0.2, -0.15) is 5.26 Å². The monoisotopic (exact) mass is 277 g/mol. The van der Waals surface area contributed by atoms with Crippen LogP contribution in [0.2, 0.25) is 0 Å². The summed E-state index contributed by atoms with van der Waals surface area (Å²) in [4.78, 5) is 7.98. The number of thiazole rings is 1. The lowest BCUT2D eigenvalue weighted by Gasteiger charge is -2.29. The highest BCUT2D eigenvalue weighted by Gasteiger charge is 2.24. The van der Waals surface area contributed by atoms with Gasteiger partial charge in [-0.05, 0) is 25.3 Å². The number of likely N-dealkylation sites (tertiary alicyclic amines) is 1. The first-order valence-corrected chi connectivity index (χ1v) is 7.84. The van der Waals surface area contributed by atoms with Crippen molar-refractivity contribution in [2.75, 3.05) is 13.1 Å². The van der Waals surface area contributed by atoms with Gasteiger partial charge < -0.3 is 0 Å². The summed E-state index contributed by atoms with van der Waals surface area (Å²) in [5.41, 5.74) is 0.912. The fourth-order valence-corrected chi connectivity index (χ4v) is 3.75. The van der Waals surface area contributed by atoms with Crippen LogP contribution in [0.3, 0.4) is 0 Å². The molecule has 0 bridgehead atoms. The third kappa shape index (κ3) is 3.55. The number of hydrogen-bond acceptors (Lipinski definition) is 4. The molecule has 1 aliphatic rings. The van der Waals surface area contributed by atoms with Gasteiger partial charge in [0.15, 0.2) is 0 Å². The van der Waals surface area contributed by atoms with Crippen molar-refractivity contribution in [1.82, 2.24) is 9.88 Å². The van der Waals surface area contributed by atoms with E-state index in [1.54, 1.807) is 11.3 Å². The van der Waals surface area contributed by atoms with E-state index in [1.165, 1.54) is 12.8 Å². The molecule has 104 valence electrons. The maximum Gasteiger partial charge on any atom is 0.128 e. The Labute approximate surface area is 120 Å². The van der Waals surface area contributed by atoms with Crippen molar-refractivity contribution in [3.8, 4) is 6.07 Å². The van der Waals surface area contributed by atoms with Gasteiger partial charge in [0.05, 0.1) is 12.2 Å². The zero-order chi connectivity index (χ0) is 14.0. The number of nitriles is 1. The molecule has 2 heterocycles. The second-order valence-electron chi connectivity index (χ2n) is 6.63. The average Bonchev–Trinajstić information content (AvgIpc) is 2.72. The largest absolute Gasteiger partial charge is 0.296 e. The summed E-state index contributed by atoms with van der Waals surface area (Å²) in [6, 6.07) is 2.31. The van der Waals surface area contributed by atoms with Gasteiger partial charge in [0.2, 0.25) is 0 Å². The van der Waals surface area contributed by atoms with E-state index in [0.29, 0.717) is 0 Å². The molecule has 0 aliphatic carbocycles. The molecule has 1 aromatic rings. The van der Waals surface area contributed by atoms with Gasteiger partial charge in [-0.1, -0.05) is 27.7 Å². The van der Waals surface area contributed by atoms with Crippen molar-refractivity contribution in [2.45, 2.75) is 52.5 Å². The molecule has 0 aromatic carbocycles. The predicted octanol–water partition coefficient (Wildman–Crippen LogP) is 3.54. The summed E-state index contributed by atoms with van der Waals surface area (Å²) in [6.07, 6.45) is 2.62. The zero-order valence-electron chi connectivity index (χ0n) is 12.4. The summed E-state index contributed by atoms with van der Waals surface area (Å²) in [5.74, 6) is 0.784. The Hall–Kier alpha value is -0.920. The first-order valence-electron chi connectivity index (χ1n) is 7.03. The van der Waals surface area contributed by atoms with Crippen LogP contribution >= 0.6 is 11.3 Å². The Morgan fingerprint density at radius 2 is 2.21 bits per heavy atom. The molecule has 0 spiro atoms. The Morgan fingerprint density at radius 1 is 1.47 bits per heavy atom. The quantitative estimate of drug-likeness (QED) is 0.830. The minimum Gasteiger partial charge on any atom is -0.296 e. The first kappa shape index (κ1) is 14.5. The number of piperidine rings is 1. The summed E-state index contributed by atoms with van der Waals surface area (Å²) in [5, 5.41) is 10.3. The molecule has 1 saturated heterocycles. The summed E-state index contributed by atoms with van der Waals surface area (Å²) < 4.78 is 0. The van der Waals surface area contributed by atoms with Gasteiger partial charge in [0.1, 0.15) is 16.0 Å². The van der Waals surface area contributed by atoms with Crippen molar-refractivity contribution < 1.29 is 0 Å². The fraction of sp³-hybridized carbons (Fsp3) is 0.733. The first-order chi connectivity index (χ1) is 8.90. The Kier molecular flexibility index (Phi) is 4.27. The van der Waals surface area contributed by atoms with Gasteiger partial charge >= 0.3 is 0 Å². The highest BCUT2D eigenvalue weighted by molar-refractivity contribution is 7.12. The van der Waals surface area contributed by atoms with Crippen molar-refractivity contribution in [3.05, 3.63) is 15.6 Å². The van der Waals surface area contributed by atoms with Gasteiger partial charge in [-0.3, -0.25) is 4.90 Å². The van der Waals surface area contributed by atoms with E-state index >= 15 is 0 Å². The summed E-state index contributed by atoms with van der Waals surface area (Å²) >= 11 is 1.57. The minimum absolute atomic E-state index is 0.0466. The van der Waals surface area contributed by atoms with E-state index < -0.39 is 0 Å². The molecular formula is C15H23N3S. The third-order valence-corrected chi connectivity index (χ3v) is 4.53. The molecule has 0 radical (unpaired) electrons. The molecule has 3 nitrogen and oxygen atoms in total. The van der Waals surface area contributed by atoms with Gasteiger partial charge in [-0.15, -0.1) is 11.3 Å². The molecule has 4 heteroatoms. The molecule has 1 fully saturated rings. The van der Waals surface area contributed by atoms with E-state index in [2.05, 4.69) is 38.7 Å². The smallest absolute Gasteiger partial charge is 0.128 e. The molecule has 1 unspecified atom stereocenters. The molecule has 1 atom stereocenters. The molecule has 0 amide bonds. The van der Waals surface area contributed by atoms with Crippen molar-refractivity contribution in [2.24, 2.45) is 5.92 Å². The maximum absolute atomic E-state index is 9.25. The van der Waals surface area contributed by atoms with Crippen LogP contribution in [0, 0.1) is 17.2 Å². The van der Waals surface area contributed by atoms with Crippen LogP contribution < -0.4 is 0 Å². The van der Waals surface area contributed by atoms with E-state index in [4.69, 9.17) is 4.98 Å². The summed E-state index contributed by atoms with van der Waals surface area (Å²) in [6.45, 7) is 11.9. The number of nitrogens with zero attached hydrogens (tertiary/aromatic N) is 3. The molecule has 19 heavy (non-hydrogen) atoms. The third-order valence-electron chi connectivity index (χ3n) is 3.58. The molecular weight excluding hydrogens is 254 g/mol. The SMILES string of the molecule is CC1CCCN(Cc2nc(C(C)(C)C)c(C#N)s2)C1. The van der Waals surface area contributed by atoms with E-state index in [9.17, 15) is 5.26 Å². The Balaban J connectivity index is 2.13. The average molecular weight is 277 g/mol. The molecule has 2 rings (SSSR count). The Morgan fingerprint density at radius 3 is 2.74 bits per heavy atom. The van der Waals surface area contributed by atoms with Gasteiger partial charge in [-0.25, -0.2) is 4.98 Å². The number of hydrogen-bond donors (Lipinski definition) is 0. The highest BCUT2D eigenvalue weighted by Crippen LogP contribution is 2.30. The van der Waals surface area contributed by atoms with E-state index in [-0.39, 0.29) is 5.41 Å². The molecule has 0 N–H and O–H groups in total. The topological polar surface area (TPSA) is 39.9 Å². The number of aromatic nitrogens is 1. The lowest BCUT2D eigenvalue weighted by Crippen LogP contribution is -2.33. The molecule has 0 saturated carbocycles. The standard InChI is InChI=1S/C15H23N3S/c1-11-6-5-7-18(9-11)10-13-17-14(15(2,3)4)12(8-16)19-13/h11H,5-7,9-10H2,1-4H3. The minimum atomic E-state index is -0.0466. The van der Waals surface area contributed by atoms with Crippen LogP contribution in [0.25, 0.3) is 0 Å². The Bertz CT molecular complexity index is 479. The maximum atomic E-state index is 9.25. The van der Waals surface area contributed by atoms with Crippen LogP contribution in [0.5, 0.6) is 0 Å². The van der Waals surface area contributed by atoms with Crippen LogP contribution in [0.15, 0.2) is 0 Å².